The predicted octanol–water partition coefficient (Wildman–Crippen LogP) is 5.06. The maximum absolute atomic E-state index is 10.7. The first kappa shape index (κ1) is 22.0. The monoisotopic (exact) mass is 408 g/mol. The minimum atomic E-state index is -2.50. The molecule has 3 heteroatoms. The number of hydrogen-bond acceptors (Lipinski definition) is 2. The van der Waals surface area contributed by atoms with Crippen LogP contribution in [0, 0.1) is 5.41 Å². The fourth-order valence-electron chi connectivity index (χ4n) is 4.95. The Kier molecular flexibility index (Phi) is 6.82. The van der Waals surface area contributed by atoms with Gasteiger partial charge in [0.1, 0.15) is 0 Å². The Labute approximate surface area is 177 Å². The van der Waals surface area contributed by atoms with E-state index in [9.17, 15) is 5.11 Å². The standard InChI is InChI=1S/C26H36O2Si/c1-5-26(19-13-12-18-24(26)27)20-21-28-29(25(2,3)4,22-14-8-6-9-15-22)23-16-10-7-11-17-23/h6-12,14-18,24,27H,5,13,19-21H2,1-4H3. The molecule has 0 aliphatic heterocycles. The molecule has 0 saturated heterocycles. The second kappa shape index (κ2) is 8.99. The first-order valence-electron chi connectivity index (χ1n) is 11.0. The van der Waals surface area contributed by atoms with Crippen LogP contribution in [0.2, 0.25) is 5.04 Å². The number of aliphatic hydroxyl groups excluding tert-OH is 1. The van der Waals surface area contributed by atoms with Crippen LogP contribution in [0.4, 0.5) is 0 Å². The average molecular weight is 409 g/mol. The molecule has 0 amide bonds. The van der Waals surface area contributed by atoms with Gasteiger partial charge in [-0.3, -0.25) is 0 Å². The van der Waals surface area contributed by atoms with Crippen molar-refractivity contribution in [3.8, 4) is 0 Å². The van der Waals surface area contributed by atoms with Gasteiger partial charge in [0.15, 0.2) is 0 Å². The topological polar surface area (TPSA) is 29.5 Å². The average Bonchev–Trinajstić information content (AvgIpc) is 2.73. The molecule has 0 bridgehead atoms. The van der Waals surface area contributed by atoms with Gasteiger partial charge in [-0.1, -0.05) is 101 Å². The van der Waals surface area contributed by atoms with Gasteiger partial charge in [-0.05, 0) is 41.1 Å². The summed E-state index contributed by atoms with van der Waals surface area (Å²) in [6, 6.07) is 21.6. The Morgan fingerprint density at radius 2 is 1.55 bits per heavy atom. The number of aliphatic hydroxyl groups is 1. The highest BCUT2D eigenvalue weighted by Gasteiger charge is 2.50. The van der Waals surface area contributed by atoms with E-state index in [4.69, 9.17) is 4.43 Å². The Morgan fingerprint density at radius 1 is 1.00 bits per heavy atom. The van der Waals surface area contributed by atoms with Crippen molar-refractivity contribution < 1.29 is 9.53 Å². The van der Waals surface area contributed by atoms with E-state index in [2.05, 4.69) is 94.4 Å². The van der Waals surface area contributed by atoms with Gasteiger partial charge >= 0.3 is 0 Å². The molecule has 156 valence electrons. The molecule has 2 nitrogen and oxygen atoms in total. The largest absolute Gasteiger partial charge is 0.407 e. The maximum Gasteiger partial charge on any atom is 0.261 e. The maximum atomic E-state index is 10.7. The Morgan fingerprint density at radius 3 is 2.00 bits per heavy atom. The van der Waals surface area contributed by atoms with E-state index in [0.717, 1.165) is 25.7 Å². The molecule has 29 heavy (non-hydrogen) atoms. The fourth-order valence-corrected chi connectivity index (χ4v) is 9.52. The van der Waals surface area contributed by atoms with Crippen molar-refractivity contribution in [1.82, 2.24) is 0 Å². The lowest BCUT2D eigenvalue weighted by Gasteiger charge is -2.45. The lowest BCUT2D eigenvalue weighted by atomic mass is 9.71. The normalized spacial score (nSPS) is 22.6. The molecule has 1 aliphatic rings. The summed E-state index contributed by atoms with van der Waals surface area (Å²) < 4.78 is 7.05. The van der Waals surface area contributed by atoms with Gasteiger partial charge in [0.2, 0.25) is 0 Å². The summed E-state index contributed by atoms with van der Waals surface area (Å²) in [6.45, 7) is 9.81. The zero-order valence-electron chi connectivity index (χ0n) is 18.4. The van der Waals surface area contributed by atoms with Gasteiger partial charge in [-0.25, -0.2) is 0 Å². The second-order valence-electron chi connectivity index (χ2n) is 9.39. The smallest absolute Gasteiger partial charge is 0.261 e. The third-order valence-corrected chi connectivity index (χ3v) is 11.8. The second-order valence-corrected chi connectivity index (χ2v) is 13.7. The van der Waals surface area contributed by atoms with E-state index in [1.165, 1.54) is 10.4 Å². The predicted molar refractivity (Wildman–Crippen MR) is 125 cm³/mol. The van der Waals surface area contributed by atoms with Gasteiger partial charge in [0.25, 0.3) is 8.32 Å². The SMILES string of the molecule is CCC1(CCO[Si](c2ccccc2)(c2ccccc2)C(C)(C)C)CCC=CC1O. The van der Waals surface area contributed by atoms with Crippen molar-refractivity contribution in [2.75, 3.05) is 6.61 Å². The molecule has 2 aromatic carbocycles. The van der Waals surface area contributed by atoms with E-state index >= 15 is 0 Å². The van der Waals surface area contributed by atoms with Crippen LogP contribution in [0.3, 0.4) is 0 Å². The summed E-state index contributed by atoms with van der Waals surface area (Å²) in [6.07, 6.45) is 7.67. The lowest BCUT2D eigenvalue weighted by Crippen LogP contribution is -2.66. The van der Waals surface area contributed by atoms with Crippen LogP contribution in [0.15, 0.2) is 72.8 Å². The van der Waals surface area contributed by atoms with Crippen molar-refractivity contribution in [3.63, 3.8) is 0 Å². The van der Waals surface area contributed by atoms with Gasteiger partial charge in [0, 0.05) is 12.0 Å². The van der Waals surface area contributed by atoms with Crippen molar-refractivity contribution in [1.29, 1.82) is 0 Å². The summed E-state index contributed by atoms with van der Waals surface area (Å²) in [5, 5.41) is 13.3. The van der Waals surface area contributed by atoms with Gasteiger partial charge in [0.05, 0.1) is 6.10 Å². The van der Waals surface area contributed by atoms with Crippen LogP contribution >= 0.6 is 0 Å². The zero-order chi connectivity index (χ0) is 21.0. The number of rotatable bonds is 7. The summed E-state index contributed by atoms with van der Waals surface area (Å²) in [4.78, 5) is 0. The van der Waals surface area contributed by atoms with Crippen LogP contribution in [-0.4, -0.2) is 26.1 Å². The van der Waals surface area contributed by atoms with E-state index in [-0.39, 0.29) is 16.6 Å². The molecule has 3 rings (SSSR count). The Balaban J connectivity index is 1.97. The third kappa shape index (κ3) is 4.28. The molecular formula is C26H36O2Si. The number of allylic oxidation sites excluding steroid dienone is 1. The molecule has 0 saturated carbocycles. The number of benzene rings is 2. The van der Waals surface area contributed by atoms with Gasteiger partial charge in [-0.15, -0.1) is 0 Å². The summed E-state index contributed by atoms with van der Waals surface area (Å²) in [7, 11) is -2.50. The quantitative estimate of drug-likeness (QED) is 0.512. The lowest BCUT2D eigenvalue weighted by molar-refractivity contribution is 0.0241. The molecule has 0 aromatic heterocycles. The minimum absolute atomic E-state index is 0.0137. The molecule has 0 radical (unpaired) electrons. The van der Waals surface area contributed by atoms with Crippen molar-refractivity contribution in [2.45, 2.75) is 64.5 Å². The highest BCUT2D eigenvalue weighted by Crippen LogP contribution is 2.41. The first-order valence-corrected chi connectivity index (χ1v) is 12.9. The van der Waals surface area contributed by atoms with E-state index in [1.54, 1.807) is 0 Å². The third-order valence-electron chi connectivity index (χ3n) is 6.79. The van der Waals surface area contributed by atoms with Crippen molar-refractivity contribution in [3.05, 3.63) is 72.8 Å². The number of hydrogen-bond donors (Lipinski definition) is 1. The molecule has 2 unspecified atom stereocenters. The molecular weight excluding hydrogens is 372 g/mol. The Bertz CT molecular complexity index is 755. The zero-order valence-corrected chi connectivity index (χ0v) is 19.4. The minimum Gasteiger partial charge on any atom is -0.407 e. The molecule has 0 spiro atoms. The van der Waals surface area contributed by atoms with E-state index < -0.39 is 8.32 Å². The molecule has 0 fully saturated rings. The van der Waals surface area contributed by atoms with Crippen LogP contribution in [-0.2, 0) is 4.43 Å². The van der Waals surface area contributed by atoms with E-state index in [0.29, 0.717) is 6.61 Å². The first-order chi connectivity index (χ1) is 13.9. The summed E-state index contributed by atoms with van der Waals surface area (Å²) in [5.41, 5.74) is -0.0693. The van der Waals surface area contributed by atoms with Crippen molar-refractivity contribution in [2.24, 2.45) is 5.41 Å². The summed E-state index contributed by atoms with van der Waals surface area (Å²) in [5.74, 6) is 0. The molecule has 1 N–H and O–H groups in total. The van der Waals surface area contributed by atoms with Crippen LogP contribution in [0.5, 0.6) is 0 Å². The highest BCUT2D eigenvalue weighted by atomic mass is 28.4. The van der Waals surface area contributed by atoms with Gasteiger partial charge < -0.3 is 9.53 Å². The van der Waals surface area contributed by atoms with Crippen LogP contribution in [0.1, 0.15) is 53.4 Å². The highest BCUT2D eigenvalue weighted by molar-refractivity contribution is 6.99. The molecule has 2 atom stereocenters. The molecule has 0 heterocycles. The molecule has 1 aliphatic carbocycles. The van der Waals surface area contributed by atoms with Crippen LogP contribution in [0.25, 0.3) is 0 Å². The fraction of sp³-hybridized carbons (Fsp3) is 0.462. The van der Waals surface area contributed by atoms with Crippen molar-refractivity contribution >= 4 is 18.7 Å². The van der Waals surface area contributed by atoms with Crippen LogP contribution < -0.4 is 10.4 Å². The molecule has 2 aromatic rings. The van der Waals surface area contributed by atoms with E-state index in [1.807, 2.05) is 6.08 Å². The summed E-state index contributed by atoms with van der Waals surface area (Å²) >= 11 is 0. The Hall–Kier alpha value is -1.68. The van der Waals surface area contributed by atoms with Gasteiger partial charge in [-0.2, -0.15) is 0 Å².